The summed E-state index contributed by atoms with van der Waals surface area (Å²) in [6, 6.07) is 0. The van der Waals surface area contributed by atoms with E-state index in [1.165, 1.54) is 10.9 Å². The molecule has 0 aromatic carbocycles. The molecule has 6 rings (SSSR count). The van der Waals surface area contributed by atoms with E-state index in [-0.39, 0.29) is 29.0 Å². The first-order chi connectivity index (χ1) is 21.2. The van der Waals surface area contributed by atoms with Crippen molar-refractivity contribution in [2.24, 2.45) is 0 Å². The molecule has 20 nitrogen and oxygen atoms in total. The molecule has 4 aromatic heterocycles. The van der Waals surface area contributed by atoms with Crippen LogP contribution in [0.4, 0.5) is 14.6 Å². The van der Waals surface area contributed by atoms with Crippen molar-refractivity contribution in [2.75, 3.05) is 18.9 Å². The number of aliphatic hydroxyl groups excluding tert-OH is 1. The van der Waals surface area contributed by atoms with Crippen LogP contribution in [-0.4, -0.2) is 97.6 Å². The van der Waals surface area contributed by atoms with Crippen molar-refractivity contribution in [2.45, 2.75) is 49.5 Å². The fourth-order valence-corrected chi connectivity index (χ4v) is 6.37. The third kappa shape index (κ3) is 6.27. The molecule has 0 amide bonds. The van der Waals surface area contributed by atoms with Crippen LogP contribution < -0.4 is 11.3 Å². The maximum absolute atomic E-state index is 15.0. The Morgan fingerprint density at radius 2 is 1.84 bits per heavy atom. The Kier molecular flexibility index (Phi) is 8.33. The number of alkyl halides is 1. The van der Waals surface area contributed by atoms with E-state index in [4.69, 9.17) is 34.0 Å². The number of hydrogen-bond donors (Lipinski definition) is 6. The van der Waals surface area contributed by atoms with Gasteiger partial charge in [0.05, 0.1) is 32.0 Å². The van der Waals surface area contributed by atoms with Gasteiger partial charge in [-0.05, 0) is 0 Å². The third-order valence-electron chi connectivity index (χ3n) is 7.03. The Bertz CT molecular complexity index is 1890. The average Bonchev–Trinajstić information content (AvgIpc) is 3.71. The second-order valence-electron chi connectivity index (χ2n) is 9.97. The van der Waals surface area contributed by atoms with Crippen LogP contribution in [0.25, 0.3) is 22.2 Å². The van der Waals surface area contributed by atoms with Crippen LogP contribution in [0.2, 0.25) is 0 Å². The highest BCUT2D eigenvalue weighted by molar-refractivity contribution is 7.47. The van der Waals surface area contributed by atoms with E-state index in [0.29, 0.717) is 0 Å². The lowest BCUT2D eigenvalue weighted by Gasteiger charge is -2.24. The molecule has 244 valence electrons. The van der Waals surface area contributed by atoms with Crippen molar-refractivity contribution in [1.29, 1.82) is 0 Å². The standard InChI is InChI=1S/C21H24F2N8O12P2/c22-9-1-8(41-20(9)31-7-29-13-16(24)25-5-27-18(13)31)3-40-45(37,38)43-15-14(32)11(4-39-44(34,35)36)42-21(15)30-2-10(23)12-17(30)26-6-28-19(12)33/h2,5-9,11,14-15,20-21,32H,1,3-4H2,(H,37,38)(H2,24,25,27)(H,26,28,33)(H2,34,35,36)/t8-,9+,11+,14+,15+,20+,21+/m0/s1. The summed E-state index contributed by atoms with van der Waals surface area (Å²) in [7, 11) is -10.2. The summed E-state index contributed by atoms with van der Waals surface area (Å²) in [6.07, 6.45) is -7.19. The molecule has 8 atom stereocenters. The van der Waals surface area contributed by atoms with E-state index in [0.717, 1.165) is 23.4 Å². The van der Waals surface area contributed by atoms with Crippen LogP contribution in [0.5, 0.6) is 0 Å². The van der Waals surface area contributed by atoms with Crippen LogP contribution >= 0.6 is 15.6 Å². The van der Waals surface area contributed by atoms with Gasteiger partial charge in [-0.1, -0.05) is 0 Å². The van der Waals surface area contributed by atoms with Crippen molar-refractivity contribution in [3.63, 3.8) is 0 Å². The summed E-state index contributed by atoms with van der Waals surface area (Å²) in [6.45, 7) is -1.60. The molecule has 0 radical (unpaired) electrons. The molecule has 0 spiro atoms. The van der Waals surface area contributed by atoms with Gasteiger partial charge in [-0.2, -0.15) is 0 Å². The average molecular weight is 680 g/mol. The quantitative estimate of drug-likeness (QED) is 0.118. The van der Waals surface area contributed by atoms with Crippen molar-refractivity contribution in [3.8, 4) is 0 Å². The van der Waals surface area contributed by atoms with E-state index in [9.17, 15) is 32.7 Å². The van der Waals surface area contributed by atoms with Gasteiger partial charge in [0.1, 0.15) is 41.7 Å². The number of nitrogen functional groups attached to an aromatic ring is 1. The van der Waals surface area contributed by atoms with Crippen molar-refractivity contribution in [1.82, 2.24) is 34.1 Å². The van der Waals surface area contributed by atoms with Gasteiger partial charge in [0, 0.05) is 12.6 Å². The van der Waals surface area contributed by atoms with Gasteiger partial charge >= 0.3 is 15.6 Å². The normalized spacial score (nSPS) is 28.7. The van der Waals surface area contributed by atoms with E-state index < -0.39 is 88.7 Å². The molecule has 6 heterocycles. The molecule has 1 unspecified atom stereocenters. The minimum atomic E-state index is -5.16. The molecule has 24 heteroatoms. The summed E-state index contributed by atoms with van der Waals surface area (Å²) >= 11 is 0. The van der Waals surface area contributed by atoms with E-state index in [1.807, 2.05) is 0 Å². The number of imidazole rings is 1. The van der Waals surface area contributed by atoms with Gasteiger partial charge in [0.2, 0.25) is 0 Å². The predicted molar refractivity (Wildman–Crippen MR) is 142 cm³/mol. The van der Waals surface area contributed by atoms with Crippen molar-refractivity contribution < 1.29 is 60.7 Å². The number of ether oxygens (including phenoxy) is 2. The van der Waals surface area contributed by atoms with Crippen LogP contribution in [0.3, 0.4) is 0 Å². The summed E-state index contributed by atoms with van der Waals surface area (Å²) in [5, 5.41) is 10.4. The first-order valence-electron chi connectivity index (χ1n) is 12.9. The number of phosphoric ester groups is 2. The molecule has 2 fully saturated rings. The number of nitrogens with two attached hydrogens (primary N) is 1. The van der Waals surface area contributed by atoms with Crippen molar-refractivity contribution >= 4 is 43.7 Å². The number of aliphatic hydroxyl groups is 1. The zero-order chi connectivity index (χ0) is 32.3. The second kappa shape index (κ2) is 11.8. The molecule has 2 aliphatic rings. The lowest BCUT2D eigenvalue weighted by Crippen LogP contribution is -2.35. The second-order valence-corrected chi connectivity index (χ2v) is 12.6. The number of H-pyrrole nitrogens is 1. The molecule has 7 N–H and O–H groups in total. The van der Waals surface area contributed by atoms with E-state index in [1.54, 1.807) is 0 Å². The first kappa shape index (κ1) is 31.7. The molecule has 0 bridgehead atoms. The largest absolute Gasteiger partial charge is 0.472 e. The van der Waals surface area contributed by atoms with E-state index in [2.05, 4.69) is 29.4 Å². The van der Waals surface area contributed by atoms with E-state index >= 15 is 0 Å². The molecule has 0 saturated carbocycles. The number of nitrogens with zero attached hydrogens (tertiary/aromatic N) is 6. The van der Waals surface area contributed by atoms with Crippen LogP contribution in [-0.2, 0) is 32.2 Å². The fraction of sp³-hybridized carbons (Fsp3) is 0.476. The first-order valence-corrected chi connectivity index (χ1v) is 15.9. The summed E-state index contributed by atoms with van der Waals surface area (Å²) in [4.78, 5) is 58.8. The maximum atomic E-state index is 15.0. The molecular weight excluding hydrogens is 656 g/mol. The molecule has 0 aliphatic carbocycles. The lowest BCUT2D eigenvalue weighted by atomic mass is 10.1. The van der Waals surface area contributed by atoms with Crippen LogP contribution in [0.15, 0.2) is 30.0 Å². The summed E-state index contributed by atoms with van der Waals surface area (Å²) in [5.74, 6) is -1.00. The predicted octanol–water partition coefficient (Wildman–Crippen LogP) is -0.219. The number of fused-ring (bicyclic) bond motifs is 2. The highest BCUT2D eigenvalue weighted by Crippen LogP contribution is 2.50. The number of halogens is 2. The summed E-state index contributed by atoms with van der Waals surface area (Å²) in [5.41, 5.74) is 4.99. The third-order valence-corrected chi connectivity index (χ3v) is 8.50. The van der Waals surface area contributed by atoms with Gasteiger partial charge in [-0.15, -0.1) is 0 Å². The molecule has 2 saturated heterocycles. The number of rotatable bonds is 10. The molecule has 2 aliphatic heterocycles. The van der Waals surface area contributed by atoms with Crippen molar-refractivity contribution in [3.05, 3.63) is 41.3 Å². The minimum Gasteiger partial charge on any atom is -0.387 e. The molecular formula is C21H24F2N8O12P2. The highest BCUT2D eigenvalue weighted by Gasteiger charge is 2.50. The Hall–Kier alpha value is -3.27. The SMILES string of the molecule is Nc1ncnc2c1ncn2[C@@H]1O[C@H](COP(=O)(O)O[C@@H]2[C@H](O)[C@@H](COP(=O)(O)O)O[C@H]2n2cc(F)c3c(=O)[nH]cnc32)C[C@H]1F. The monoisotopic (exact) mass is 680 g/mol. The molecule has 4 aromatic rings. The smallest absolute Gasteiger partial charge is 0.387 e. The minimum absolute atomic E-state index is 0.0653. The number of nitrogens with one attached hydrogen (secondary N) is 1. The Morgan fingerprint density at radius 1 is 1.07 bits per heavy atom. The number of anilines is 1. The Balaban J connectivity index is 1.19. The lowest BCUT2D eigenvalue weighted by molar-refractivity contribution is -0.0550. The zero-order valence-corrected chi connectivity index (χ0v) is 24.2. The topological polar surface area (TPSA) is 282 Å². The van der Waals surface area contributed by atoms with Gasteiger partial charge in [0.25, 0.3) is 5.56 Å². The van der Waals surface area contributed by atoms with Gasteiger partial charge in [-0.3, -0.25) is 22.9 Å². The zero-order valence-electron chi connectivity index (χ0n) is 22.4. The number of hydrogen-bond acceptors (Lipinski definition) is 14. The number of aromatic amines is 1. The highest BCUT2D eigenvalue weighted by atomic mass is 31.2. The molecule has 45 heavy (non-hydrogen) atoms. The van der Waals surface area contributed by atoms with Crippen LogP contribution in [0, 0.1) is 5.82 Å². The van der Waals surface area contributed by atoms with Crippen LogP contribution in [0.1, 0.15) is 18.9 Å². The number of aromatic nitrogens is 7. The maximum Gasteiger partial charge on any atom is 0.472 e. The Morgan fingerprint density at radius 3 is 2.60 bits per heavy atom. The number of phosphoric acid groups is 2. The Labute approximate surface area is 248 Å². The fourth-order valence-electron chi connectivity index (χ4n) is 5.08. The van der Waals surface area contributed by atoms with Gasteiger partial charge in [0.15, 0.2) is 35.4 Å². The summed E-state index contributed by atoms with van der Waals surface area (Å²) < 4.78 is 82.0. The van der Waals surface area contributed by atoms with Gasteiger partial charge < -0.3 is 44.5 Å². The van der Waals surface area contributed by atoms with Gasteiger partial charge in [-0.25, -0.2) is 37.8 Å².